The number of benzene rings is 2. The van der Waals surface area contributed by atoms with Gasteiger partial charge < -0.3 is 30.1 Å². The van der Waals surface area contributed by atoms with Gasteiger partial charge in [0.2, 0.25) is 5.91 Å². The summed E-state index contributed by atoms with van der Waals surface area (Å²) in [5.41, 5.74) is 2.30. The zero-order chi connectivity index (χ0) is 22.0. The average Bonchev–Trinajstić information content (AvgIpc) is 3.11. The number of para-hydroxylation sites is 1. The van der Waals surface area contributed by atoms with E-state index in [4.69, 9.17) is 9.47 Å². The van der Waals surface area contributed by atoms with Crippen LogP contribution in [-0.4, -0.2) is 61.0 Å². The van der Waals surface area contributed by atoms with Gasteiger partial charge in [0.1, 0.15) is 18.0 Å². The minimum atomic E-state index is -0.510. The molecule has 2 aromatic carbocycles. The number of nitrogens with zero attached hydrogens (tertiary/aromatic N) is 1. The van der Waals surface area contributed by atoms with Crippen molar-refractivity contribution in [3.63, 3.8) is 0 Å². The molecule has 2 aliphatic heterocycles. The van der Waals surface area contributed by atoms with E-state index in [9.17, 15) is 14.7 Å². The number of aliphatic hydroxyl groups excluding tert-OH is 1. The molecule has 0 radical (unpaired) electrons. The Kier molecular flexibility index (Phi) is 6.11. The summed E-state index contributed by atoms with van der Waals surface area (Å²) in [6.07, 6.45) is -0.281. The molecule has 8 heteroatoms. The fraction of sp³-hybridized carbons (Fsp3) is 0.391. The average molecular weight is 425 g/mol. The van der Waals surface area contributed by atoms with Gasteiger partial charge in [-0.15, -0.1) is 0 Å². The van der Waals surface area contributed by atoms with Gasteiger partial charge >= 0.3 is 6.03 Å². The van der Waals surface area contributed by atoms with E-state index < -0.39 is 6.10 Å². The van der Waals surface area contributed by atoms with Gasteiger partial charge in [0.25, 0.3) is 0 Å². The summed E-state index contributed by atoms with van der Waals surface area (Å²) in [7, 11) is 3.42. The molecule has 0 aliphatic carbocycles. The predicted octanol–water partition coefficient (Wildman–Crippen LogP) is 2.80. The van der Waals surface area contributed by atoms with Gasteiger partial charge in [-0.1, -0.05) is 18.2 Å². The Morgan fingerprint density at radius 2 is 1.84 bits per heavy atom. The molecule has 4 atom stereocenters. The van der Waals surface area contributed by atoms with Crippen molar-refractivity contribution >= 4 is 23.3 Å². The van der Waals surface area contributed by atoms with Crippen LogP contribution in [0, 0.1) is 0 Å². The van der Waals surface area contributed by atoms with Crippen molar-refractivity contribution in [2.45, 2.75) is 37.1 Å². The van der Waals surface area contributed by atoms with Crippen molar-refractivity contribution in [1.29, 1.82) is 0 Å². The van der Waals surface area contributed by atoms with Crippen LogP contribution in [-0.2, 0) is 9.53 Å². The largest absolute Gasteiger partial charge is 0.487 e. The molecule has 0 unspecified atom stereocenters. The van der Waals surface area contributed by atoms with Crippen molar-refractivity contribution in [1.82, 2.24) is 4.90 Å². The van der Waals surface area contributed by atoms with Crippen molar-refractivity contribution < 1.29 is 24.2 Å². The van der Waals surface area contributed by atoms with Crippen molar-refractivity contribution in [2.24, 2.45) is 0 Å². The minimum absolute atomic E-state index is 0.0210. The highest BCUT2D eigenvalue weighted by molar-refractivity contribution is 5.99. The Labute approximate surface area is 181 Å². The molecular weight excluding hydrogens is 398 g/mol. The Balaban J connectivity index is 1.49. The molecule has 2 heterocycles. The van der Waals surface area contributed by atoms with E-state index in [1.807, 2.05) is 42.5 Å². The smallest absolute Gasteiger partial charge is 0.323 e. The fourth-order valence-electron chi connectivity index (χ4n) is 4.16. The van der Waals surface area contributed by atoms with E-state index in [-0.39, 0.29) is 43.1 Å². The van der Waals surface area contributed by atoms with Crippen LogP contribution in [0.25, 0.3) is 0 Å². The zero-order valence-corrected chi connectivity index (χ0v) is 17.6. The maximum absolute atomic E-state index is 12.4. The highest BCUT2D eigenvalue weighted by Gasteiger charge is 2.46. The lowest BCUT2D eigenvalue weighted by Crippen LogP contribution is -2.47. The molecule has 4 rings (SSSR count). The van der Waals surface area contributed by atoms with E-state index in [0.29, 0.717) is 23.5 Å². The van der Waals surface area contributed by atoms with Crippen LogP contribution in [0.5, 0.6) is 5.75 Å². The summed E-state index contributed by atoms with van der Waals surface area (Å²) in [6.45, 7) is -0.188. The standard InChI is InChI=1S/C23H27N3O5/c1-26(2)21(28)12-16-11-18-17-10-15(25-23(29)24-14-6-4-3-5-7-14)8-9-19(17)31-22(18)20(13-27)30-16/h3-10,16,18,20,22,27H,11-13H2,1-2H3,(H2,24,25,29)/t16-,18-,20+,22+/m0/s1. The summed E-state index contributed by atoms with van der Waals surface area (Å²) in [4.78, 5) is 26.1. The van der Waals surface area contributed by atoms with E-state index in [0.717, 1.165) is 5.56 Å². The number of fused-ring (bicyclic) bond motifs is 3. The maximum Gasteiger partial charge on any atom is 0.323 e. The number of hydrogen-bond donors (Lipinski definition) is 3. The molecule has 31 heavy (non-hydrogen) atoms. The number of anilines is 2. The van der Waals surface area contributed by atoms with E-state index in [2.05, 4.69) is 10.6 Å². The summed E-state index contributed by atoms with van der Waals surface area (Å²) in [5, 5.41) is 15.5. The van der Waals surface area contributed by atoms with Crippen LogP contribution < -0.4 is 15.4 Å². The van der Waals surface area contributed by atoms with Gasteiger partial charge in [-0.3, -0.25) is 4.79 Å². The molecule has 2 aliphatic rings. The Morgan fingerprint density at radius 1 is 1.10 bits per heavy atom. The summed E-state index contributed by atoms with van der Waals surface area (Å²) in [6, 6.07) is 14.4. The van der Waals surface area contributed by atoms with Crippen LogP contribution >= 0.6 is 0 Å². The Bertz CT molecular complexity index is 949. The Hall–Kier alpha value is -3.10. The van der Waals surface area contributed by atoms with Crippen LogP contribution in [0.2, 0.25) is 0 Å². The lowest BCUT2D eigenvalue weighted by atomic mass is 9.84. The van der Waals surface area contributed by atoms with Crippen LogP contribution in [0.1, 0.15) is 24.3 Å². The number of amides is 3. The monoisotopic (exact) mass is 425 g/mol. The number of hydrogen-bond acceptors (Lipinski definition) is 5. The van der Waals surface area contributed by atoms with Crippen molar-refractivity contribution in [2.75, 3.05) is 31.3 Å². The highest BCUT2D eigenvalue weighted by atomic mass is 16.6. The van der Waals surface area contributed by atoms with Gasteiger partial charge in [-0.05, 0) is 36.8 Å². The lowest BCUT2D eigenvalue weighted by Gasteiger charge is -2.37. The second-order valence-electron chi connectivity index (χ2n) is 8.09. The topological polar surface area (TPSA) is 100 Å². The molecule has 0 spiro atoms. The molecule has 0 bridgehead atoms. The molecule has 3 N–H and O–H groups in total. The van der Waals surface area contributed by atoms with Crippen molar-refractivity contribution in [3.05, 3.63) is 54.1 Å². The van der Waals surface area contributed by atoms with Crippen molar-refractivity contribution in [3.8, 4) is 5.75 Å². The third-order valence-electron chi connectivity index (χ3n) is 5.69. The fourth-order valence-corrected chi connectivity index (χ4v) is 4.16. The minimum Gasteiger partial charge on any atom is -0.487 e. The maximum atomic E-state index is 12.4. The summed E-state index contributed by atoms with van der Waals surface area (Å²) in [5.74, 6) is 0.665. The first-order valence-electron chi connectivity index (χ1n) is 10.3. The summed E-state index contributed by atoms with van der Waals surface area (Å²) >= 11 is 0. The van der Waals surface area contributed by atoms with Crippen LogP contribution in [0.15, 0.2) is 48.5 Å². The van der Waals surface area contributed by atoms with Gasteiger partial charge in [0.15, 0.2) is 0 Å². The second kappa shape index (κ2) is 8.95. The lowest BCUT2D eigenvalue weighted by molar-refractivity contribution is -0.147. The first kappa shape index (κ1) is 21.1. The molecular formula is C23H27N3O5. The summed E-state index contributed by atoms with van der Waals surface area (Å²) < 4.78 is 12.0. The third kappa shape index (κ3) is 4.65. The molecule has 164 valence electrons. The van der Waals surface area contributed by atoms with Gasteiger partial charge in [0, 0.05) is 37.0 Å². The first-order valence-corrected chi connectivity index (χ1v) is 10.3. The third-order valence-corrected chi connectivity index (χ3v) is 5.69. The quantitative estimate of drug-likeness (QED) is 0.684. The molecule has 1 fully saturated rings. The molecule has 0 aromatic heterocycles. The number of carbonyl (C=O) groups excluding carboxylic acids is 2. The molecule has 2 aromatic rings. The number of nitrogens with one attached hydrogen (secondary N) is 2. The number of urea groups is 1. The number of rotatable bonds is 5. The normalized spacial score (nSPS) is 23.8. The van der Waals surface area contributed by atoms with E-state index in [1.165, 1.54) is 4.90 Å². The first-order chi connectivity index (χ1) is 14.9. The number of ether oxygens (including phenoxy) is 2. The van der Waals surface area contributed by atoms with E-state index in [1.54, 1.807) is 20.2 Å². The van der Waals surface area contributed by atoms with Gasteiger partial charge in [-0.25, -0.2) is 4.79 Å². The van der Waals surface area contributed by atoms with E-state index >= 15 is 0 Å². The SMILES string of the molecule is CN(C)C(=O)C[C@@H]1C[C@H]2c3cc(NC(=O)Nc4ccccc4)ccc3O[C@H]2[C@@H](CO)O1. The van der Waals surface area contributed by atoms with Crippen LogP contribution in [0.4, 0.5) is 16.2 Å². The second-order valence-corrected chi connectivity index (χ2v) is 8.09. The molecule has 8 nitrogen and oxygen atoms in total. The molecule has 3 amide bonds. The number of carbonyl (C=O) groups is 2. The Morgan fingerprint density at radius 3 is 2.55 bits per heavy atom. The predicted molar refractivity (Wildman–Crippen MR) is 116 cm³/mol. The van der Waals surface area contributed by atoms with Gasteiger partial charge in [-0.2, -0.15) is 0 Å². The zero-order valence-electron chi connectivity index (χ0n) is 17.6. The molecule has 1 saturated heterocycles. The van der Waals surface area contributed by atoms with Gasteiger partial charge in [0.05, 0.1) is 19.1 Å². The molecule has 0 saturated carbocycles. The highest BCUT2D eigenvalue weighted by Crippen LogP contribution is 2.47. The number of aliphatic hydroxyl groups is 1. The van der Waals surface area contributed by atoms with Crippen LogP contribution in [0.3, 0.4) is 0 Å².